The number of hydrogen-bond acceptors (Lipinski definition) is 4. The van der Waals surface area contributed by atoms with Gasteiger partial charge in [0.25, 0.3) is 0 Å². The number of carbonyl (C=O) groups is 2. The van der Waals surface area contributed by atoms with E-state index in [9.17, 15) is 9.59 Å². The highest BCUT2D eigenvalue weighted by molar-refractivity contribution is 5.94. The normalized spacial score (nSPS) is 20.6. The maximum atomic E-state index is 11.6. The molecule has 1 aliphatic rings. The highest BCUT2D eigenvalue weighted by atomic mass is 16.5. The summed E-state index contributed by atoms with van der Waals surface area (Å²) in [4.78, 5) is 24.5. The van der Waals surface area contributed by atoms with Crippen LogP contribution in [0.15, 0.2) is 0 Å². The number of piperazine rings is 1. The molecular weight excluding hydrogens is 224 g/mol. The van der Waals surface area contributed by atoms with Crippen molar-refractivity contribution in [3.63, 3.8) is 0 Å². The molecule has 0 aromatic rings. The van der Waals surface area contributed by atoms with Crippen molar-refractivity contribution in [3.05, 3.63) is 0 Å². The second-order valence-electron chi connectivity index (χ2n) is 3.94. The van der Waals surface area contributed by atoms with Crippen molar-refractivity contribution in [3.8, 4) is 0 Å². The third kappa shape index (κ3) is 4.32. The van der Waals surface area contributed by atoms with Gasteiger partial charge in [-0.1, -0.05) is 0 Å². The molecule has 0 aromatic carbocycles. The average Bonchev–Trinajstić information content (AvgIpc) is 2.32. The van der Waals surface area contributed by atoms with Gasteiger partial charge in [-0.3, -0.25) is 9.59 Å². The van der Waals surface area contributed by atoms with Gasteiger partial charge in [0.1, 0.15) is 6.04 Å². The van der Waals surface area contributed by atoms with Gasteiger partial charge in [-0.05, 0) is 13.3 Å². The van der Waals surface area contributed by atoms with E-state index in [1.165, 1.54) is 0 Å². The Kier molecular flexibility index (Phi) is 5.93. The first-order chi connectivity index (χ1) is 8.16. The van der Waals surface area contributed by atoms with Gasteiger partial charge < -0.3 is 19.7 Å². The van der Waals surface area contributed by atoms with Gasteiger partial charge in [0.2, 0.25) is 11.8 Å². The van der Waals surface area contributed by atoms with E-state index in [4.69, 9.17) is 9.47 Å². The first kappa shape index (κ1) is 13.9. The molecule has 1 rings (SSSR count). The number of amides is 2. The lowest BCUT2D eigenvalue weighted by Gasteiger charge is -2.32. The number of nitrogens with zero attached hydrogens (tertiary/aromatic N) is 1. The Morgan fingerprint density at radius 3 is 2.82 bits per heavy atom. The lowest BCUT2D eigenvalue weighted by Crippen LogP contribution is -2.57. The zero-order chi connectivity index (χ0) is 12.7. The molecule has 2 amide bonds. The maximum absolute atomic E-state index is 11.6. The number of rotatable bonds is 7. The van der Waals surface area contributed by atoms with E-state index < -0.39 is 0 Å². The summed E-state index contributed by atoms with van der Waals surface area (Å²) in [6.07, 6.45) is 0.729. The molecule has 0 saturated carbocycles. The largest absolute Gasteiger partial charge is 0.382 e. The van der Waals surface area contributed by atoms with Crippen LogP contribution in [0, 0.1) is 0 Å². The molecule has 98 valence electrons. The van der Waals surface area contributed by atoms with Crippen LogP contribution in [0.25, 0.3) is 0 Å². The Hall–Kier alpha value is -1.14. The molecule has 1 fully saturated rings. The molecular formula is C11H20N2O4. The first-order valence-corrected chi connectivity index (χ1v) is 5.80. The standard InChI is InChI=1S/C11H20N2O4/c1-9-11(15)12-8-10(14)13(9)4-3-5-17-7-6-16-2/h9H,3-8H2,1-2H3,(H,12,15). The molecule has 17 heavy (non-hydrogen) atoms. The van der Waals surface area contributed by atoms with Crippen LogP contribution in [-0.2, 0) is 19.1 Å². The topological polar surface area (TPSA) is 67.9 Å². The Balaban J connectivity index is 2.20. The summed E-state index contributed by atoms with van der Waals surface area (Å²) in [5, 5.41) is 2.55. The summed E-state index contributed by atoms with van der Waals surface area (Å²) in [5.74, 6) is -0.126. The molecule has 0 radical (unpaired) electrons. The van der Waals surface area contributed by atoms with Crippen LogP contribution in [0.4, 0.5) is 0 Å². The van der Waals surface area contributed by atoms with Crippen LogP contribution in [0.5, 0.6) is 0 Å². The predicted molar refractivity (Wildman–Crippen MR) is 61.5 cm³/mol. The second kappa shape index (κ2) is 7.24. The Bertz CT molecular complexity index is 270. The molecule has 6 heteroatoms. The zero-order valence-corrected chi connectivity index (χ0v) is 10.4. The number of carbonyl (C=O) groups excluding carboxylic acids is 2. The Morgan fingerprint density at radius 2 is 2.12 bits per heavy atom. The van der Waals surface area contributed by atoms with Gasteiger partial charge in [-0.25, -0.2) is 0 Å². The Morgan fingerprint density at radius 1 is 1.35 bits per heavy atom. The van der Waals surface area contributed by atoms with Gasteiger partial charge in [0, 0.05) is 20.3 Å². The monoisotopic (exact) mass is 244 g/mol. The van der Waals surface area contributed by atoms with Crippen LogP contribution >= 0.6 is 0 Å². The van der Waals surface area contributed by atoms with E-state index in [1.54, 1.807) is 18.9 Å². The van der Waals surface area contributed by atoms with Crippen LogP contribution < -0.4 is 5.32 Å². The minimum atomic E-state index is -0.379. The lowest BCUT2D eigenvalue weighted by molar-refractivity contribution is -0.145. The van der Waals surface area contributed by atoms with E-state index >= 15 is 0 Å². The molecule has 0 bridgehead atoms. The molecule has 1 N–H and O–H groups in total. The highest BCUT2D eigenvalue weighted by Gasteiger charge is 2.30. The fraction of sp³-hybridized carbons (Fsp3) is 0.818. The third-order valence-corrected chi connectivity index (χ3v) is 2.70. The van der Waals surface area contributed by atoms with E-state index in [1.807, 2.05) is 0 Å². The summed E-state index contributed by atoms with van der Waals surface area (Å²) >= 11 is 0. The van der Waals surface area contributed by atoms with Crippen molar-refractivity contribution < 1.29 is 19.1 Å². The molecule has 0 aromatic heterocycles. The van der Waals surface area contributed by atoms with E-state index in [-0.39, 0.29) is 24.4 Å². The molecule has 1 atom stereocenters. The quantitative estimate of drug-likeness (QED) is 0.606. The summed E-state index contributed by atoms with van der Waals surface area (Å²) in [7, 11) is 1.62. The number of nitrogens with one attached hydrogen (secondary N) is 1. The van der Waals surface area contributed by atoms with Crippen LogP contribution in [0.1, 0.15) is 13.3 Å². The Labute approximate surface area is 101 Å². The average molecular weight is 244 g/mol. The predicted octanol–water partition coefficient (Wildman–Crippen LogP) is -0.614. The van der Waals surface area contributed by atoms with E-state index in [0.717, 1.165) is 6.42 Å². The van der Waals surface area contributed by atoms with Crippen molar-refractivity contribution in [2.45, 2.75) is 19.4 Å². The maximum Gasteiger partial charge on any atom is 0.242 e. The van der Waals surface area contributed by atoms with Gasteiger partial charge in [0.05, 0.1) is 19.8 Å². The molecule has 1 aliphatic heterocycles. The van der Waals surface area contributed by atoms with Crippen LogP contribution in [-0.4, -0.2) is 62.8 Å². The zero-order valence-electron chi connectivity index (χ0n) is 10.4. The first-order valence-electron chi connectivity index (χ1n) is 5.80. The molecule has 0 spiro atoms. The van der Waals surface area contributed by atoms with Crippen molar-refractivity contribution >= 4 is 11.8 Å². The third-order valence-electron chi connectivity index (χ3n) is 2.70. The van der Waals surface area contributed by atoms with E-state index in [0.29, 0.717) is 26.4 Å². The highest BCUT2D eigenvalue weighted by Crippen LogP contribution is 2.05. The van der Waals surface area contributed by atoms with Crippen molar-refractivity contribution in [2.24, 2.45) is 0 Å². The molecule has 0 aliphatic carbocycles. The SMILES string of the molecule is COCCOCCCN1C(=O)CNC(=O)C1C. The minimum Gasteiger partial charge on any atom is -0.382 e. The van der Waals surface area contributed by atoms with Gasteiger partial charge in [0.15, 0.2) is 0 Å². The summed E-state index contributed by atoms with van der Waals surface area (Å²) < 4.78 is 10.1. The fourth-order valence-electron chi connectivity index (χ4n) is 1.67. The van der Waals surface area contributed by atoms with E-state index in [2.05, 4.69) is 5.32 Å². The molecule has 1 saturated heterocycles. The smallest absolute Gasteiger partial charge is 0.242 e. The van der Waals surface area contributed by atoms with Crippen molar-refractivity contribution in [2.75, 3.05) is 40.0 Å². The van der Waals surface area contributed by atoms with Crippen LogP contribution in [0.3, 0.4) is 0 Å². The van der Waals surface area contributed by atoms with Gasteiger partial charge in [-0.15, -0.1) is 0 Å². The van der Waals surface area contributed by atoms with Crippen molar-refractivity contribution in [1.29, 1.82) is 0 Å². The number of ether oxygens (including phenoxy) is 2. The number of methoxy groups -OCH3 is 1. The van der Waals surface area contributed by atoms with Crippen LogP contribution in [0.2, 0.25) is 0 Å². The van der Waals surface area contributed by atoms with Crippen molar-refractivity contribution in [1.82, 2.24) is 10.2 Å². The molecule has 6 nitrogen and oxygen atoms in total. The summed E-state index contributed by atoms with van der Waals surface area (Å²) in [6.45, 7) is 4.09. The molecule has 1 unspecified atom stereocenters. The summed E-state index contributed by atoms with van der Waals surface area (Å²) in [5.41, 5.74) is 0. The summed E-state index contributed by atoms with van der Waals surface area (Å²) in [6, 6.07) is -0.379. The second-order valence-corrected chi connectivity index (χ2v) is 3.94. The molecule has 1 heterocycles. The minimum absolute atomic E-state index is 0.0333. The number of hydrogen-bond donors (Lipinski definition) is 1. The lowest BCUT2D eigenvalue weighted by atomic mass is 10.2. The van der Waals surface area contributed by atoms with Gasteiger partial charge in [-0.2, -0.15) is 0 Å². The fourth-order valence-corrected chi connectivity index (χ4v) is 1.67. The van der Waals surface area contributed by atoms with Gasteiger partial charge >= 0.3 is 0 Å².